The first-order valence-electron chi connectivity index (χ1n) is 8.13. The van der Waals surface area contributed by atoms with Gasteiger partial charge >= 0.3 is 0 Å². The van der Waals surface area contributed by atoms with E-state index in [4.69, 9.17) is 21.5 Å². The van der Waals surface area contributed by atoms with Crippen LogP contribution in [-0.2, 0) is 27.7 Å². The van der Waals surface area contributed by atoms with Crippen molar-refractivity contribution in [3.8, 4) is 5.75 Å². The molecule has 1 unspecified atom stereocenters. The molecule has 0 fully saturated rings. The summed E-state index contributed by atoms with van der Waals surface area (Å²) in [6.07, 6.45) is 1.18. The predicted octanol–water partition coefficient (Wildman–Crippen LogP) is 1.90. The first-order chi connectivity index (χ1) is 12.3. The fourth-order valence-electron chi connectivity index (χ4n) is 2.85. The Labute approximate surface area is 157 Å². The molecule has 0 bridgehead atoms. The van der Waals surface area contributed by atoms with Gasteiger partial charge < -0.3 is 10.1 Å². The first-order valence-corrected chi connectivity index (χ1v) is 10.1. The number of ether oxygens (including phenoxy) is 1. The quantitative estimate of drug-likeness (QED) is 0.809. The summed E-state index contributed by atoms with van der Waals surface area (Å²) in [6, 6.07) is 11.7. The van der Waals surface area contributed by atoms with Crippen molar-refractivity contribution >= 4 is 27.5 Å². The van der Waals surface area contributed by atoms with Crippen molar-refractivity contribution in [1.82, 2.24) is 5.32 Å². The maximum Gasteiger partial charge on any atom is 0.238 e. The summed E-state index contributed by atoms with van der Waals surface area (Å²) in [6.45, 7) is 0.788. The smallest absolute Gasteiger partial charge is 0.238 e. The molecule has 6 nitrogen and oxygen atoms in total. The normalized spacial score (nSPS) is 16.5. The van der Waals surface area contributed by atoms with E-state index >= 15 is 0 Å². The summed E-state index contributed by atoms with van der Waals surface area (Å²) in [5, 5.41) is 8.59. The molecule has 2 aromatic carbocycles. The highest BCUT2D eigenvalue weighted by Gasteiger charge is 2.25. The summed E-state index contributed by atoms with van der Waals surface area (Å²) in [5.41, 5.74) is 1.84. The number of nitrogens with two attached hydrogens (primary N) is 1. The molecule has 0 spiro atoms. The van der Waals surface area contributed by atoms with Gasteiger partial charge in [-0.2, -0.15) is 0 Å². The van der Waals surface area contributed by atoms with E-state index < -0.39 is 10.0 Å². The summed E-state index contributed by atoms with van der Waals surface area (Å²) in [5.74, 6) is 0.441. The molecule has 2 aromatic rings. The van der Waals surface area contributed by atoms with Crippen molar-refractivity contribution in [3.63, 3.8) is 0 Å². The topological polar surface area (TPSA) is 98.5 Å². The molecule has 26 heavy (non-hydrogen) atoms. The third-order valence-electron chi connectivity index (χ3n) is 4.26. The Bertz CT molecular complexity index is 913. The number of sulfonamides is 1. The lowest BCUT2D eigenvalue weighted by Gasteiger charge is -2.24. The van der Waals surface area contributed by atoms with Crippen LogP contribution < -0.4 is 15.2 Å². The summed E-state index contributed by atoms with van der Waals surface area (Å²) in [4.78, 5) is 12.4. The summed E-state index contributed by atoms with van der Waals surface area (Å²) >= 11 is 5.99. The van der Waals surface area contributed by atoms with Crippen LogP contribution in [0.15, 0.2) is 47.4 Å². The highest BCUT2D eigenvalue weighted by molar-refractivity contribution is 7.89. The van der Waals surface area contributed by atoms with E-state index in [0.29, 0.717) is 31.0 Å². The summed E-state index contributed by atoms with van der Waals surface area (Å²) < 4.78 is 28.1. The Hall–Kier alpha value is -2.09. The SMILES string of the molecule is NS(=O)(=O)c1ccc(CCNC(=O)C2COc3ccc(Cl)cc3C2)cc1. The number of fused-ring (bicyclic) bond motifs is 1. The van der Waals surface area contributed by atoms with Crippen LogP contribution in [0.2, 0.25) is 5.02 Å². The monoisotopic (exact) mass is 394 g/mol. The van der Waals surface area contributed by atoms with Crippen LogP contribution in [0.5, 0.6) is 5.75 Å². The molecule has 0 saturated heterocycles. The average Bonchev–Trinajstić information content (AvgIpc) is 2.60. The lowest BCUT2D eigenvalue weighted by atomic mass is 9.96. The molecule has 0 radical (unpaired) electrons. The third-order valence-corrected chi connectivity index (χ3v) is 5.43. The van der Waals surface area contributed by atoms with Gasteiger partial charge in [0.25, 0.3) is 0 Å². The number of primary sulfonamides is 1. The number of halogens is 1. The van der Waals surface area contributed by atoms with Gasteiger partial charge in [-0.05, 0) is 54.3 Å². The number of nitrogens with one attached hydrogen (secondary N) is 1. The van der Waals surface area contributed by atoms with Gasteiger partial charge in [0.05, 0.1) is 10.8 Å². The van der Waals surface area contributed by atoms with E-state index in [0.717, 1.165) is 16.9 Å². The van der Waals surface area contributed by atoms with Gasteiger partial charge in [0, 0.05) is 11.6 Å². The molecule has 1 aliphatic heterocycles. The molecule has 3 N–H and O–H groups in total. The minimum atomic E-state index is -3.69. The van der Waals surface area contributed by atoms with Crippen LogP contribution in [0.1, 0.15) is 11.1 Å². The molecule has 3 rings (SSSR count). The van der Waals surface area contributed by atoms with Crippen molar-refractivity contribution in [1.29, 1.82) is 0 Å². The zero-order valence-corrected chi connectivity index (χ0v) is 15.5. The Kier molecular flexibility index (Phi) is 5.50. The van der Waals surface area contributed by atoms with Crippen LogP contribution in [0.25, 0.3) is 0 Å². The van der Waals surface area contributed by atoms with Gasteiger partial charge in [-0.1, -0.05) is 23.7 Å². The lowest BCUT2D eigenvalue weighted by Crippen LogP contribution is -2.38. The molecule has 1 amide bonds. The third kappa shape index (κ3) is 4.55. The molecule has 1 atom stereocenters. The van der Waals surface area contributed by atoms with Crippen molar-refractivity contribution in [2.45, 2.75) is 17.7 Å². The maximum absolute atomic E-state index is 12.3. The van der Waals surface area contributed by atoms with Gasteiger partial charge in [0.15, 0.2) is 0 Å². The number of rotatable bonds is 5. The zero-order chi connectivity index (χ0) is 18.7. The van der Waals surface area contributed by atoms with E-state index in [9.17, 15) is 13.2 Å². The standard InChI is InChI=1S/C18H19ClN2O4S/c19-15-3-6-17-13(10-15)9-14(11-25-17)18(22)21-8-7-12-1-4-16(5-2-12)26(20,23)24/h1-6,10,14H,7-9,11H2,(H,21,22)(H2,20,23,24). The second-order valence-electron chi connectivity index (χ2n) is 6.19. The van der Waals surface area contributed by atoms with Crippen molar-refractivity contribution < 1.29 is 17.9 Å². The Balaban J connectivity index is 1.52. The highest BCUT2D eigenvalue weighted by Crippen LogP contribution is 2.29. The number of hydrogen-bond acceptors (Lipinski definition) is 4. The summed E-state index contributed by atoms with van der Waals surface area (Å²) in [7, 11) is -3.69. The molecule has 0 aromatic heterocycles. The zero-order valence-electron chi connectivity index (χ0n) is 13.9. The van der Waals surface area contributed by atoms with Gasteiger partial charge in [0.1, 0.15) is 12.4 Å². The number of carbonyl (C=O) groups is 1. The van der Waals surface area contributed by atoms with E-state index in [1.807, 2.05) is 12.1 Å². The van der Waals surface area contributed by atoms with Gasteiger partial charge in [-0.25, -0.2) is 13.6 Å². The maximum atomic E-state index is 12.3. The largest absolute Gasteiger partial charge is 0.492 e. The van der Waals surface area contributed by atoms with Gasteiger partial charge in [-0.3, -0.25) is 4.79 Å². The molecule has 1 heterocycles. The molecule has 138 valence electrons. The van der Waals surface area contributed by atoms with E-state index in [1.54, 1.807) is 18.2 Å². The molecule has 0 saturated carbocycles. The Morgan fingerprint density at radius 3 is 2.65 bits per heavy atom. The van der Waals surface area contributed by atoms with E-state index in [2.05, 4.69) is 5.32 Å². The molecular formula is C18H19ClN2O4S. The Morgan fingerprint density at radius 2 is 1.96 bits per heavy atom. The number of hydrogen-bond donors (Lipinski definition) is 2. The van der Waals surface area contributed by atoms with Crippen LogP contribution in [0.4, 0.5) is 0 Å². The minimum Gasteiger partial charge on any atom is -0.492 e. The molecular weight excluding hydrogens is 376 g/mol. The van der Waals surface area contributed by atoms with Crippen molar-refractivity contribution in [2.24, 2.45) is 11.1 Å². The highest BCUT2D eigenvalue weighted by atomic mass is 35.5. The predicted molar refractivity (Wildman–Crippen MR) is 98.7 cm³/mol. The number of benzene rings is 2. The lowest BCUT2D eigenvalue weighted by molar-refractivity contribution is -0.126. The fraction of sp³-hybridized carbons (Fsp3) is 0.278. The Morgan fingerprint density at radius 1 is 1.23 bits per heavy atom. The van der Waals surface area contributed by atoms with E-state index in [1.165, 1.54) is 12.1 Å². The molecule has 1 aliphatic rings. The fourth-order valence-corrected chi connectivity index (χ4v) is 3.56. The molecule has 0 aliphatic carbocycles. The average molecular weight is 395 g/mol. The number of carbonyl (C=O) groups excluding carboxylic acids is 1. The van der Waals surface area contributed by atoms with Gasteiger partial charge in [0.2, 0.25) is 15.9 Å². The second kappa shape index (κ2) is 7.65. The van der Waals surface area contributed by atoms with Crippen molar-refractivity contribution in [2.75, 3.05) is 13.2 Å². The van der Waals surface area contributed by atoms with Crippen LogP contribution in [0.3, 0.4) is 0 Å². The number of amides is 1. The van der Waals surface area contributed by atoms with Gasteiger partial charge in [-0.15, -0.1) is 0 Å². The van der Waals surface area contributed by atoms with Crippen LogP contribution in [0, 0.1) is 5.92 Å². The first kappa shape index (κ1) is 18.7. The van der Waals surface area contributed by atoms with E-state index in [-0.39, 0.29) is 16.7 Å². The van der Waals surface area contributed by atoms with Crippen molar-refractivity contribution in [3.05, 3.63) is 58.6 Å². The second-order valence-corrected chi connectivity index (χ2v) is 8.19. The minimum absolute atomic E-state index is 0.0713. The molecule has 8 heteroatoms. The van der Waals surface area contributed by atoms with Crippen LogP contribution in [-0.4, -0.2) is 27.5 Å². The van der Waals surface area contributed by atoms with Crippen LogP contribution >= 0.6 is 11.6 Å².